The Morgan fingerprint density at radius 3 is 2.35 bits per heavy atom. The van der Waals surface area contributed by atoms with E-state index < -0.39 is 17.9 Å². The summed E-state index contributed by atoms with van der Waals surface area (Å²) in [5.41, 5.74) is 0.253. The van der Waals surface area contributed by atoms with Gasteiger partial charge in [-0.1, -0.05) is 11.6 Å². The van der Waals surface area contributed by atoms with Crippen LogP contribution in [0, 0.1) is 0 Å². The van der Waals surface area contributed by atoms with Gasteiger partial charge in [0.2, 0.25) is 0 Å². The second kappa shape index (κ2) is 7.00. The van der Waals surface area contributed by atoms with Crippen LogP contribution in [0.5, 0.6) is 11.5 Å². The zero-order chi connectivity index (χ0) is 15.3. The first kappa shape index (κ1) is 16.1. The van der Waals surface area contributed by atoms with Crippen LogP contribution in [0.1, 0.15) is 17.3 Å². The summed E-state index contributed by atoms with van der Waals surface area (Å²) in [6, 6.07) is 2.14. The van der Waals surface area contributed by atoms with E-state index in [9.17, 15) is 9.59 Å². The summed E-state index contributed by atoms with van der Waals surface area (Å²) >= 11 is 6.01. The van der Waals surface area contributed by atoms with Crippen LogP contribution >= 0.6 is 11.6 Å². The second-order valence-electron chi connectivity index (χ2n) is 3.91. The van der Waals surface area contributed by atoms with Gasteiger partial charge >= 0.3 is 5.97 Å². The Labute approximate surface area is 122 Å². The molecule has 1 N–H and O–H groups in total. The molecule has 0 heterocycles. The minimum atomic E-state index is -0.764. The Balaban J connectivity index is 3.00. The van der Waals surface area contributed by atoms with Crippen LogP contribution in [0.15, 0.2) is 12.1 Å². The Morgan fingerprint density at radius 1 is 1.20 bits per heavy atom. The zero-order valence-corrected chi connectivity index (χ0v) is 12.4. The van der Waals surface area contributed by atoms with E-state index in [1.54, 1.807) is 0 Å². The van der Waals surface area contributed by atoms with Crippen molar-refractivity contribution in [3.8, 4) is 11.5 Å². The number of hydrogen-bond acceptors (Lipinski definition) is 5. The van der Waals surface area contributed by atoms with E-state index >= 15 is 0 Å². The number of esters is 1. The van der Waals surface area contributed by atoms with E-state index in [4.69, 9.17) is 21.1 Å². The van der Waals surface area contributed by atoms with Crippen LogP contribution in [-0.2, 0) is 9.53 Å². The van der Waals surface area contributed by atoms with E-state index in [-0.39, 0.29) is 10.6 Å². The fraction of sp³-hybridized carbons (Fsp3) is 0.385. The van der Waals surface area contributed by atoms with Gasteiger partial charge < -0.3 is 19.5 Å². The third-order valence-corrected chi connectivity index (χ3v) is 2.88. The van der Waals surface area contributed by atoms with Crippen molar-refractivity contribution in [1.29, 1.82) is 0 Å². The van der Waals surface area contributed by atoms with Gasteiger partial charge in [0.25, 0.3) is 5.91 Å². The Morgan fingerprint density at radius 2 is 1.85 bits per heavy atom. The highest BCUT2D eigenvalue weighted by Crippen LogP contribution is 2.35. The molecule has 0 aliphatic heterocycles. The summed E-state index contributed by atoms with van der Waals surface area (Å²) in [5, 5.41) is 2.73. The fourth-order valence-electron chi connectivity index (χ4n) is 1.56. The van der Waals surface area contributed by atoms with Gasteiger partial charge in [-0.2, -0.15) is 0 Å². The van der Waals surface area contributed by atoms with Gasteiger partial charge in [-0.25, -0.2) is 4.79 Å². The van der Waals surface area contributed by atoms with Crippen LogP contribution < -0.4 is 14.8 Å². The summed E-state index contributed by atoms with van der Waals surface area (Å²) in [4.78, 5) is 23.3. The first-order valence-corrected chi connectivity index (χ1v) is 6.12. The van der Waals surface area contributed by atoms with Gasteiger partial charge in [-0.3, -0.25) is 4.79 Å². The summed E-state index contributed by atoms with van der Waals surface area (Å²) in [5.74, 6) is -0.335. The first-order valence-electron chi connectivity index (χ1n) is 5.74. The maximum absolute atomic E-state index is 12.0. The van der Waals surface area contributed by atoms with Gasteiger partial charge in [-0.15, -0.1) is 0 Å². The molecular weight excluding hydrogens is 286 g/mol. The number of carbonyl (C=O) groups is 2. The lowest BCUT2D eigenvalue weighted by atomic mass is 10.1. The molecule has 1 unspecified atom stereocenters. The van der Waals surface area contributed by atoms with Gasteiger partial charge in [0.1, 0.15) is 6.04 Å². The SMILES string of the molecule is COC(=O)C(C)NC(=O)c1cc(Cl)c(OC)c(OC)c1. The molecule has 0 spiro atoms. The molecule has 0 aromatic heterocycles. The number of methoxy groups -OCH3 is 3. The van der Waals surface area contributed by atoms with Gasteiger partial charge in [0.05, 0.1) is 26.4 Å². The molecule has 0 bridgehead atoms. The smallest absolute Gasteiger partial charge is 0.328 e. The van der Waals surface area contributed by atoms with Crippen molar-refractivity contribution in [2.75, 3.05) is 21.3 Å². The van der Waals surface area contributed by atoms with Crippen molar-refractivity contribution in [2.45, 2.75) is 13.0 Å². The molecule has 20 heavy (non-hydrogen) atoms. The molecule has 0 saturated heterocycles. The highest BCUT2D eigenvalue weighted by Gasteiger charge is 2.19. The van der Waals surface area contributed by atoms with Crippen molar-refractivity contribution in [3.05, 3.63) is 22.7 Å². The van der Waals surface area contributed by atoms with E-state index in [0.717, 1.165) is 0 Å². The van der Waals surface area contributed by atoms with Crippen LogP contribution in [0.25, 0.3) is 0 Å². The summed E-state index contributed by atoms with van der Waals surface area (Å²) in [6.07, 6.45) is 0. The maximum atomic E-state index is 12.0. The summed E-state index contributed by atoms with van der Waals surface area (Å²) in [6.45, 7) is 1.52. The van der Waals surface area contributed by atoms with Crippen LogP contribution in [0.2, 0.25) is 5.02 Å². The Hall–Kier alpha value is -1.95. The molecule has 0 aliphatic rings. The minimum Gasteiger partial charge on any atom is -0.493 e. The topological polar surface area (TPSA) is 73.9 Å². The van der Waals surface area contributed by atoms with Gasteiger partial charge in [0.15, 0.2) is 11.5 Å². The molecule has 1 rings (SSSR count). The van der Waals surface area contributed by atoms with Crippen LogP contribution in [-0.4, -0.2) is 39.2 Å². The van der Waals surface area contributed by atoms with Gasteiger partial charge in [-0.05, 0) is 19.1 Å². The molecule has 0 saturated carbocycles. The molecule has 0 aliphatic carbocycles. The van der Waals surface area contributed by atoms with Crippen molar-refractivity contribution in [2.24, 2.45) is 0 Å². The van der Waals surface area contributed by atoms with Crippen molar-refractivity contribution >= 4 is 23.5 Å². The fourth-order valence-corrected chi connectivity index (χ4v) is 1.85. The monoisotopic (exact) mass is 301 g/mol. The molecule has 6 nitrogen and oxygen atoms in total. The zero-order valence-electron chi connectivity index (χ0n) is 11.7. The molecule has 7 heteroatoms. The molecule has 1 atom stereocenters. The normalized spacial score (nSPS) is 11.4. The summed E-state index contributed by atoms with van der Waals surface area (Å²) < 4.78 is 14.7. The van der Waals surface area contributed by atoms with Crippen molar-refractivity contribution < 1.29 is 23.8 Å². The number of benzene rings is 1. The predicted octanol–water partition coefficient (Wildman–Crippen LogP) is 1.65. The van der Waals surface area contributed by atoms with E-state index in [1.807, 2.05) is 0 Å². The Bertz CT molecular complexity index is 518. The quantitative estimate of drug-likeness (QED) is 0.837. The van der Waals surface area contributed by atoms with Gasteiger partial charge in [0, 0.05) is 5.56 Å². The van der Waals surface area contributed by atoms with E-state index in [1.165, 1.54) is 40.4 Å². The molecule has 0 fully saturated rings. The van der Waals surface area contributed by atoms with E-state index in [0.29, 0.717) is 11.5 Å². The number of halogens is 1. The molecular formula is C13H16ClNO5. The number of nitrogens with one attached hydrogen (secondary N) is 1. The third-order valence-electron chi connectivity index (χ3n) is 2.60. The lowest BCUT2D eigenvalue weighted by molar-refractivity contribution is -0.142. The van der Waals surface area contributed by atoms with Crippen molar-refractivity contribution in [1.82, 2.24) is 5.32 Å². The maximum Gasteiger partial charge on any atom is 0.328 e. The molecule has 1 aromatic rings. The standard InChI is InChI=1S/C13H16ClNO5/c1-7(13(17)20-4)15-12(16)8-5-9(14)11(19-3)10(6-8)18-2/h5-7H,1-4H3,(H,15,16). The molecule has 110 valence electrons. The lowest BCUT2D eigenvalue weighted by Gasteiger charge is -2.14. The number of hydrogen-bond donors (Lipinski definition) is 1. The third kappa shape index (κ3) is 3.54. The highest BCUT2D eigenvalue weighted by molar-refractivity contribution is 6.32. The molecule has 1 amide bonds. The number of ether oxygens (including phenoxy) is 3. The van der Waals surface area contributed by atoms with Crippen LogP contribution in [0.4, 0.5) is 0 Å². The first-order chi connectivity index (χ1) is 9.44. The predicted molar refractivity (Wildman–Crippen MR) is 73.5 cm³/mol. The molecule has 1 aromatic carbocycles. The van der Waals surface area contributed by atoms with E-state index in [2.05, 4.69) is 10.1 Å². The van der Waals surface area contributed by atoms with Crippen molar-refractivity contribution in [3.63, 3.8) is 0 Å². The number of amides is 1. The second-order valence-corrected chi connectivity index (χ2v) is 4.32. The molecule has 0 radical (unpaired) electrons. The minimum absolute atomic E-state index is 0.239. The highest BCUT2D eigenvalue weighted by atomic mass is 35.5. The summed E-state index contributed by atoms with van der Waals surface area (Å²) in [7, 11) is 4.13. The number of carbonyl (C=O) groups excluding carboxylic acids is 2. The average molecular weight is 302 g/mol. The van der Waals surface area contributed by atoms with Crippen LogP contribution in [0.3, 0.4) is 0 Å². The Kier molecular flexibility index (Phi) is 5.64. The number of rotatable bonds is 5. The largest absolute Gasteiger partial charge is 0.493 e. The lowest BCUT2D eigenvalue weighted by Crippen LogP contribution is -2.39. The average Bonchev–Trinajstić information content (AvgIpc) is 2.44.